The summed E-state index contributed by atoms with van der Waals surface area (Å²) in [5, 5.41) is 3.38. The minimum Gasteiger partial charge on any atom is -0.437 e. The first-order valence-corrected chi connectivity index (χ1v) is 7.53. The maximum atomic E-state index is 5.96. The van der Waals surface area contributed by atoms with Crippen LogP contribution in [0.3, 0.4) is 0 Å². The van der Waals surface area contributed by atoms with Crippen LogP contribution < -0.4 is 10.1 Å². The molecule has 4 heteroatoms. The molecule has 1 aromatic heterocycles. The molecule has 1 N–H and O–H groups in total. The molecule has 2 aromatic rings. The minimum absolute atomic E-state index is 0.202. The van der Waals surface area contributed by atoms with Crippen LogP contribution >= 0.6 is 15.9 Å². The second-order valence-electron chi connectivity index (χ2n) is 4.71. The predicted octanol–water partition coefficient (Wildman–Crippen LogP) is 4.62. The Bertz CT molecular complexity index is 586. The number of nitrogens with zero attached hydrogens (tertiary/aromatic N) is 1. The number of hydrogen-bond acceptors (Lipinski definition) is 3. The topological polar surface area (TPSA) is 34.2 Å². The third kappa shape index (κ3) is 3.58. The fourth-order valence-electron chi connectivity index (χ4n) is 2.03. The number of rotatable bonds is 5. The normalized spacial score (nSPS) is 12.2. The van der Waals surface area contributed by atoms with Gasteiger partial charge in [0.25, 0.3) is 0 Å². The summed E-state index contributed by atoms with van der Waals surface area (Å²) in [6.07, 6.45) is 1.75. The molecule has 0 saturated heterocycles. The fourth-order valence-corrected chi connectivity index (χ4v) is 2.60. The summed E-state index contributed by atoms with van der Waals surface area (Å²) in [5.74, 6) is 1.42. The van der Waals surface area contributed by atoms with Gasteiger partial charge in [-0.2, -0.15) is 0 Å². The Balaban J connectivity index is 2.29. The second kappa shape index (κ2) is 6.86. The van der Waals surface area contributed by atoms with Crippen molar-refractivity contribution in [2.45, 2.75) is 26.8 Å². The predicted molar refractivity (Wildman–Crippen MR) is 85.3 cm³/mol. The lowest BCUT2D eigenvalue weighted by Crippen LogP contribution is -2.18. The van der Waals surface area contributed by atoms with Gasteiger partial charge in [-0.15, -0.1) is 0 Å². The van der Waals surface area contributed by atoms with Gasteiger partial charge in [0.15, 0.2) is 0 Å². The number of pyridine rings is 1. The van der Waals surface area contributed by atoms with Gasteiger partial charge >= 0.3 is 0 Å². The highest BCUT2D eigenvalue weighted by molar-refractivity contribution is 9.10. The molecular formula is C16H19BrN2O. The Kier molecular flexibility index (Phi) is 5.15. The van der Waals surface area contributed by atoms with Crippen LogP contribution in [0.2, 0.25) is 0 Å². The maximum Gasteiger partial charge on any atom is 0.224 e. The molecule has 20 heavy (non-hydrogen) atoms. The van der Waals surface area contributed by atoms with Crippen molar-refractivity contribution in [3.8, 4) is 11.6 Å². The van der Waals surface area contributed by atoms with Crippen LogP contribution in [0.5, 0.6) is 11.6 Å². The molecule has 106 valence electrons. The monoisotopic (exact) mass is 334 g/mol. The standard InChI is InChI=1S/C16H19BrN2O/c1-4-18-12(3)13-6-5-9-19-16(13)20-15-8-7-11(2)10-14(15)17/h5-10,12,18H,4H2,1-3H3. The second-order valence-corrected chi connectivity index (χ2v) is 5.57. The maximum absolute atomic E-state index is 5.96. The van der Waals surface area contributed by atoms with Crippen molar-refractivity contribution >= 4 is 15.9 Å². The number of nitrogens with one attached hydrogen (secondary N) is 1. The molecule has 0 spiro atoms. The molecule has 1 heterocycles. The summed E-state index contributed by atoms with van der Waals surface area (Å²) < 4.78 is 6.90. The lowest BCUT2D eigenvalue weighted by atomic mass is 10.1. The van der Waals surface area contributed by atoms with E-state index in [1.165, 1.54) is 5.56 Å². The van der Waals surface area contributed by atoms with Gasteiger partial charge in [-0.05, 0) is 60.1 Å². The molecular weight excluding hydrogens is 316 g/mol. The summed E-state index contributed by atoms with van der Waals surface area (Å²) in [6.45, 7) is 7.15. The van der Waals surface area contributed by atoms with Gasteiger partial charge in [-0.25, -0.2) is 4.98 Å². The van der Waals surface area contributed by atoms with Gasteiger partial charge in [0.05, 0.1) is 4.47 Å². The van der Waals surface area contributed by atoms with E-state index in [9.17, 15) is 0 Å². The largest absolute Gasteiger partial charge is 0.437 e. The summed E-state index contributed by atoms with van der Waals surface area (Å²) >= 11 is 3.53. The fraction of sp³-hybridized carbons (Fsp3) is 0.312. The van der Waals surface area contributed by atoms with Gasteiger partial charge < -0.3 is 10.1 Å². The first-order valence-electron chi connectivity index (χ1n) is 6.74. The molecule has 0 aliphatic rings. The average Bonchev–Trinajstić information content (AvgIpc) is 2.43. The van der Waals surface area contributed by atoms with Crippen molar-refractivity contribution in [2.24, 2.45) is 0 Å². The highest BCUT2D eigenvalue weighted by atomic mass is 79.9. The van der Waals surface area contributed by atoms with Crippen LogP contribution in [0, 0.1) is 6.92 Å². The molecule has 0 fully saturated rings. The van der Waals surface area contributed by atoms with E-state index < -0.39 is 0 Å². The van der Waals surface area contributed by atoms with E-state index in [0.717, 1.165) is 22.3 Å². The van der Waals surface area contributed by atoms with Crippen molar-refractivity contribution in [2.75, 3.05) is 6.54 Å². The van der Waals surface area contributed by atoms with E-state index in [-0.39, 0.29) is 6.04 Å². The Morgan fingerprint density at radius 2 is 2.15 bits per heavy atom. The lowest BCUT2D eigenvalue weighted by molar-refractivity contribution is 0.441. The molecule has 0 radical (unpaired) electrons. The number of aromatic nitrogens is 1. The van der Waals surface area contributed by atoms with E-state index in [4.69, 9.17) is 4.74 Å². The van der Waals surface area contributed by atoms with Crippen molar-refractivity contribution in [1.82, 2.24) is 10.3 Å². The molecule has 0 amide bonds. The first kappa shape index (κ1) is 15.0. The third-order valence-corrected chi connectivity index (χ3v) is 3.69. The van der Waals surface area contributed by atoms with E-state index >= 15 is 0 Å². The third-order valence-electron chi connectivity index (χ3n) is 3.07. The van der Waals surface area contributed by atoms with E-state index in [2.05, 4.69) is 40.1 Å². The van der Waals surface area contributed by atoms with Gasteiger partial charge in [-0.1, -0.05) is 19.1 Å². The smallest absolute Gasteiger partial charge is 0.224 e. The van der Waals surface area contributed by atoms with Gasteiger partial charge in [0.2, 0.25) is 5.88 Å². The van der Waals surface area contributed by atoms with Crippen LogP contribution in [0.1, 0.15) is 31.0 Å². The number of benzene rings is 1. The molecule has 2 rings (SSSR count). The average molecular weight is 335 g/mol. The number of aryl methyl sites for hydroxylation is 1. The van der Waals surface area contributed by atoms with Gasteiger partial charge in [0.1, 0.15) is 5.75 Å². The Hall–Kier alpha value is -1.39. The first-order chi connectivity index (χ1) is 9.61. The van der Waals surface area contributed by atoms with Crippen molar-refractivity contribution in [1.29, 1.82) is 0 Å². The van der Waals surface area contributed by atoms with Crippen LogP contribution in [0.4, 0.5) is 0 Å². The lowest BCUT2D eigenvalue weighted by Gasteiger charge is -2.16. The Morgan fingerprint density at radius 1 is 1.35 bits per heavy atom. The molecule has 1 aromatic carbocycles. The van der Waals surface area contributed by atoms with E-state index in [1.807, 2.05) is 37.3 Å². The highest BCUT2D eigenvalue weighted by Gasteiger charge is 2.13. The zero-order valence-electron chi connectivity index (χ0n) is 12.0. The molecule has 3 nitrogen and oxygen atoms in total. The summed E-state index contributed by atoms with van der Waals surface area (Å²) in [6, 6.07) is 10.2. The van der Waals surface area contributed by atoms with Crippen molar-refractivity contribution in [3.63, 3.8) is 0 Å². The zero-order valence-corrected chi connectivity index (χ0v) is 13.6. The Morgan fingerprint density at radius 3 is 2.85 bits per heavy atom. The summed E-state index contributed by atoms with van der Waals surface area (Å²) in [7, 11) is 0. The van der Waals surface area contributed by atoms with Crippen LogP contribution in [0.15, 0.2) is 41.0 Å². The van der Waals surface area contributed by atoms with Crippen LogP contribution in [-0.4, -0.2) is 11.5 Å². The molecule has 0 aliphatic carbocycles. The van der Waals surface area contributed by atoms with E-state index in [1.54, 1.807) is 6.20 Å². The minimum atomic E-state index is 0.202. The molecule has 0 aliphatic heterocycles. The van der Waals surface area contributed by atoms with Crippen molar-refractivity contribution in [3.05, 3.63) is 52.1 Å². The molecule has 0 saturated carbocycles. The number of hydrogen-bond donors (Lipinski definition) is 1. The summed E-state index contributed by atoms with van der Waals surface area (Å²) in [4.78, 5) is 4.36. The van der Waals surface area contributed by atoms with Gasteiger partial charge in [0, 0.05) is 17.8 Å². The molecule has 1 atom stereocenters. The quantitative estimate of drug-likeness (QED) is 0.866. The number of ether oxygens (including phenoxy) is 1. The Labute approximate surface area is 128 Å². The van der Waals surface area contributed by atoms with Crippen LogP contribution in [0.25, 0.3) is 0 Å². The van der Waals surface area contributed by atoms with Crippen molar-refractivity contribution < 1.29 is 4.74 Å². The van der Waals surface area contributed by atoms with Gasteiger partial charge in [-0.3, -0.25) is 0 Å². The zero-order chi connectivity index (χ0) is 14.5. The highest BCUT2D eigenvalue weighted by Crippen LogP contribution is 2.32. The molecule has 1 unspecified atom stereocenters. The number of halogens is 1. The van der Waals surface area contributed by atoms with E-state index in [0.29, 0.717) is 5.88 Å². The summed E-state index contributed by atoms with van der Waals surface area (Å²) in [5.41, 5.74) is 2.24. The molecule has 0 bridgehead atoms. The SMILES string of the molecule is CCNC(C)c1cccnc1Oc1ccc(C)cc1Br. The van der Waals surface area contributed by atoms with Crippen LogP contribution in [-0.2, 0) is 0 Å².